The molecule has 0 aromatic heterocycles. The van der Waals surface area contributed by atoms with Crippen molar-refractivity contribution in [3.63, 3.8) is 0 Å². The van der Waals surface area contributed by atoms with Gasteiger partial charge in [-0.1, -0.05) is 12.1 Å². The van der Waals surface area contributed by atoms with Crippen molar-refractivity contribution in [1.29, 1.82) is 0 Å². The number of nitrogens with one attached hydrogen (secondary N) is 1. The van der Waals surface area contributed by atoms with Crippen LogP contribution in [0.5, 0.6) is 11.5 Å². The summed E-state index contributed by atoms with van der Waals surface area (Å²) in [6, 6.07) is 10.8. The highest BCUT2D eigenvalue weighted by molar-refractivity contribution is 5.96. The zero-order chi connectivity index (χ0) is 16.1. The van der Waals surface area contributed by atoms with Gasteiger partial charge in [0.1, 0.15) is 0 Å². The van der Waals surface area contributed by atoms with Crippen LogP contribution in [0.3, 0.4) is 0 Å². The molecule has 0 heterocycles. The van der Waals surface area contributed by atoms with Crippen LogP contribution in [0.4, 0.5) is 5.69 Å². The summed E-state index contributed by atoms with van der Waals surface area (Å²) in [5.41, 5.74) is 8.73. The molecule has 2 aromatic rings. The average molecular weight is 300 g/mol. The Kier molecular flexibility index (Phi) is 4.88. The summed E-state index contributed by atoms with van der Waals surface area (Å²) < 4.78 is 10.4. The van der Waals surface area contributed by atoms with Gasteiger partial charge in [0.15, 0.2) is 11.5 Å². The second-order valence-electron chi connectivity index (χ2n) is 4.89. The number of nitrogen functional groups attached to an aromatic ring is 1. The lowest BCUT2D eigenvalue weighted by Crippen LogP contribution is -2.23. The third kappa shape index (κ3) is 3.31. The Hall–Kier alpha value is -2.69. The summed E-state index contributed by atoms with van der Waals surface area (Å²) >= 11 is 0. The summed E-state index contributed by atoms with van der Waals surface area (Å²) in [7, 11) is 3.16. The van der Waals surface area contributed by atoms with Gasteiger partial charge in [-0.15, -0.1) is 0 Å². The van der Waals surface area contributed by atoms with Gasteiger partial charge in [-0.2, -0.15) is 0 Å². The Morgan fingerprint density at radius 3 is 2.55 bits per heavy atom. The highest BCUT2D eigenvalue weighted by Crippen LogP contribution is 2.27. The van der Waals surface area contributed by atoms with E-state index in [4.69, 9.17) is 15.2 Å². The molecule has 5 nitrogen and oxygen atoms in total. The van der Waals surface area contributed by atoms with E-state index in [0.29, 0.717) is 29.3 Å². The molecular weight excluding hydrogens is 280 g/mol. The van der Waals surface area contributed by atoms with Crippen molar-refractivity contribution in [2.75, 3.05) is 20.0 Å². The van der Waals surface area contributed by atoms with Gasteiger partial charge < -0.3 is 20.5 Å². The van der Waals surface area contributed by atoms with Crippen LogP contribution in [-0.4, -0.2) is 20.1 Å². The number of amides is 1. The number of nitrogens with two attached hydrogens (primary N) is 1. The molecule has 0 atom stereocenters. The lowest BCUT2D eigenvalue weighted by Gasteiger charge is -2.11. The first-order valence-corrected chi connectivity index (χ1v) is 6.91. The molecule has 0 radical (unpaired) electrons. The van der Waals surface area contributed by atoms with E-state index in [1.807, 2.05) is 25.1 Å². The van der Waals surface area contributed by atoms with Crippen molar-refractivity contribution >= 4 is 11.6 Å². The Labute approximate surface area is 130 Å². The molecule has 22 heavy (non-hydrogen) atoms. The fourth-order valence-electron chi connectivity index (χ4n) is 2.17. The Balaban J connectivity index is 2.09. The highest BCUT2D eigenvalue weighted by Gasteiger charge is 2.11. The van der Waals surface area contributed by atoms with Gasteiger partial charge in [-0.05, 0) is 42.3 Å². The standard InChI is InChI=1S/C17H20N2O3/c1-11-13(5-4-6-14(11)18)17(20)19-10-12-7-8-15(21-2)16(9-12)22-3/h4-9H,10,18H2,1-3H3,(H,19,20). The van der Waals surface area contributed by atoms with Crippen molar-refractivity contribution < 1.29 is 14.3 Å². The summed E-state index contributed by atoms with van der Waals surface area (Å²) in [6.45, 7) is 2.23. The number of hydrogen-bond acceptors (Lipinski definition) is 4. The molecule has 0 aliphatic heterocycles. The van der Waals surface area contributed by atoms with Gasteiger partial charge in [0.05, 0.1) is 14.2 Å². The zero-order valence-corrected chi connectivity index (χ0v) is 13.0. The topological polar surface area (TPSA) is 73.6 Å². The molecule has 0 saturated heterocycles. The van der Waals surface area contributed by atoms with E-state index < -0.39 is 0 Å². The molecule has 0 spiro atoms. The van der Waals surface area contributed by atoms with Gasteiger partial charge in [-0.25, -0.2) is 0 Å². The molecular formula is C17H20N2O3. The zero-order valence-electron chi connectivity index (χ0n) is 13.0. The lowest BCUT2D eigenvalue weighted by atomic mass is 10.1. The number of ether oxygens (including phenoxy) is 2. The van der Waals surface area contributed by atoms with Gasteiger partial charge in [0.25, 0.3) is 5.91 Å². The van der Waals surface area contributed by atoms with E-state index in [0.717, 1.165) is 11.1 Å². The first-order valence-electron chi connectivity index (χ1n) is 6.91. The van der Waals surface area contributed by atoms with Gasteiger partial charge in [0, 0.05) is 17.8 Å². The number of carbonyl (C=O) groups excluding carboxylic acids is 1. The van der Waals surface area contributed by atoms with E-state index in [-0.39, 0.29) is 5.91 Å². The number of hydrogen-bond donors (Lipinski definition) is 2. The third-order valence-electron chi connectivity index (χ3n) is 3.52. The average Bonchev–Trinajstić information content (AvgIpc) is 2.54. The van der Waals surface area contributed by atoms with Gasteiger partial charge in [-0.3, -0.25) is 4.79 Å². The number of rotatable bonds is 5. The molecule has 0 aliphatic carbocycles. The molecule has 5 heteroatoms. The van der Waals surface area contributed by atoms with E-state index in [2.05, 4.69) is 5.32 Å². The molecule has 0 unspecified atom stereocenters. The fourth-order valence-corrected chi connectivity index (χ4v) is 2.17. The Bertz CT molecular complexity index is 684. The van der Waals surface area contributed by atoms with E-state index >= 15 is 0 Å². The maximum absolute atomic E-state index is 12.2. The van der Waals surface area contributed by atoms with Crippen LogP contribution < -0.4 is 20.5 Å². The summed E-state index contributed by atoms with van der Waals surface area (Å²) in [5.74, 6) is 1.14. The summed E-state index contributed by atoms with van der Waals surface area (Å²) in [6.07, 6.45) is 0. The minimum absolute atomic E-state index is 0.153. The van der Waals surface area contributed by atoms with E-state index in [1.165, 1.54) is 0 Å². The van der Waals surface area contributed by atoms with Crippen LogP contribution in [0.1, 0.15) is 21.5 Å². The van der Waals surface area contributed by atoms with Crippen LogP contribution >= 0.6 is 0 Å². The van der Waals surface area contributed by atoms with Crippen LogP contribution in [0.15, 0.2) is 36.4 Å². The van der Waals surface area contributed by atoms with Crippen molar-refractivity contribution in [3.8, 4) is 11.5 Å². The van der Waals surface area contributed by atoms with Crippen LogP contribution in [0.2, 0.25) is 0 Å². The van der Waals surface area contributed by atoms with Crippen molar-refractivity contribution in [1.82, 2.24) is 5.32 Å². The fraction of sp³-hybridized carbons (Fsp3) is 0.235. The number of benzene rings is 2. The smallest absolute Gasteiger partial charge is 0.251 e. The van der Waals surface area contributed by atoms with E-state index in [1.54, 1.807) is 32.4 Å². The van der Waals surface area contributed by atoms with Crippen molar-refractivity contribution in [3.05, 3.63) is 53.1 Å². The Morgan fingerprint density at radius 2 is 1.86 bits per heavy atom. The first-order chi connectivity index (χ1) is 10.6. The highest BCUT2D eigenvalue weighted by atomic mass is 16.5. The molecule has 0 saturated carbocycles. The Morgan fingerprint density at radius 1 is 1.14 bits per heavy atom. The SMILES string of the molecule is COc1ccc(CNC(=O)c2cccc(N)c2C)cc1OC. The molecule has 116 valence electrons. The quantitative estimate of drug-likeness (QED) is 0.832. The molecule has 0 bridgehead atoms. The predicted octanol–water partition coefficient (Wildman–Crippen LogP) is 2.52. The molecule has 2 aromatic carbocycles. The summed E-state index contributed by atoms with van der Waals surface area (Å²) in [5, 5.41) is 2.88. The molecule has 3 N–H and O–H groups in total. The minimum Gasteiger partial charge on any atom is -0.493 e. The first kappa shape index (κ1) is 15.7. The van der Waals surface area contributed by atoms with Crippen LogP contribution in [-0.2, 0) is 6.54 Å². The van der Waals surface area contributed by atoms with E-state index in [9.17, 15) is 4.79 Å². The minimum atomic E-state index is -0.153. The third-order valence-corrected chi connectivity index (χ3v) is 3.52. The predicted molar refractivity (Wildman–Crippen MR) is 86.3 cm³/mol. The van der Waals surface area contributed by atoms with Crippen molar-refractivity contribution in [2.45, 2.75) is 13.5 Å². The largest absolute Gasteiger partial charge is 0.493 e. The second kappa shape index (κ2) is 6.85. The normalized spacial score (nSPS) is 10.1. The maximum Gasteiger partial charge on any atom is 0.251 e. The van der Waals surface area contributed by atoms with Crippen LogP contribution in [0, 0.1) is 6.92 Å². The van der Waals surface area contributed by atoms with Crippen molar-refractivity contribution in [2.24, 2.45) is 0 Å². The molecule has 2 rings (SSSR count). The summed E-state index contributed by atoms with van der Waals surface area (Å²) in [4.78, 5) is 12.2. The lowest BCUT2D eigenvalue weighted by molar-refractivity contribution is 0.0950. The molecule has 1 amide bonds. The van der Waals surface area contributed by atoms with Gasteiger partial charge in [0.2, 0.25) is 0 Å². The number of carbonyl (C=O) groups is 1. The second-order valence-corrected chi connectivity index (χ2v) is 4.89. The number of anilines is 1. The maximum atomic E-state index is 12.2. The van der Waals surface area contributed by atoms with Gasteiger partial charge >= 0.3 is 0 Å². The monoisotopic (exact) mass is 300 g/mol. The number of methoxy groups -OCH3 is 2. The molecule has 0 fully saturated rings. The van der Waals surface area contributed by atoms with Crippen LogP contribution in [0.25, 0.3) is 0 Å². The molecule has 0 aliphatic rings.